The fraction of sp³-hybridized carbons (Fsp3) is 0.348. The van der Waals surface area contributed by atoms with Gasteiger partial charge in [-0.15, -0.1) is 0 Å². The van der Waals surface area contributed by atoms with Crippen molar-refractivity contribution >= 4 is 16.7 Å². The normalized spacial score (nSPS) is 17.7. The molecule has 1 N–H and O–H groups in total. The van der Waals surface area contributed by atoms with Gasteiger partial charge in [-0.1, -0.05) is 30.3 Å². The van der Waals surface area contributed by atoms with Crippen molar-refractivity contribution in [1.29, 1.82) is 0 Å². The van der Waals surface area contributed by atoms with E-state index in [1.165, 1.54) is 6.07 Å². The number of hydrogen-bond acceptors (Lipinski definition) is 5. The fourth-order valence-electron chi connectivity index (χ4n) is 4.06. The maximum Gasteiger partial charge on any atom is 0.256 e. The number of halogens is 1. The number of likely N-dealkylation sites (tertiary alicyclic amines) is 1. The van der Waals surface area contributed by atoms with Gasteiger partial charge in [0.25, 0.3) is 5.91 Å². The topological polar surface area (TPSA) is 67.3 Å². The summed E-state index contributed by atoms with van der Waals surface area (Å²) in [5.41, 5.74) is 1.52. The molecule has 0 bridgehead atoms. The van der Waals surface area contributed by atoms with E-state index in [-0.39, 0.29) is 23.2 Å². The van der Waals surface area contributed by atoms with E-state index in [9.17, 15) is 9.18 Å². The SMILES string of the molecule is COC1(NC2CN(C(=O)c3cc(Cc4nncc5ccccc45)ccc3F)C2)CC1. The fourth-order valence-corrected chi connectivity index (χ4v) is 4.06. The quantitative estimate of drug-likeness (QED) is 0.638. The van der Waals surface area contributed by atoms with E-state index >= 15 is 0 Å². The van der Waals surface area contributed by atoms with E-state index in [4.69, 9.17) is 4.74 Å². The molecule has 0 unspecified atom stereocenters. The maximum absolute atomic E-state index is 14.5. The average molecular weight is 406 g/mol. The summed E-state index contributed by atoms with van der Waals surface area (Å²) in [4.78, 5) is 14.5. The Hall–Kier alpha value is -2.90. The number of amides is 1. The van der Waals surface area contributed by atoms with Gasteiger partial charge in [0, 0.05) is 43.4 Å². The van der Waals surface area contributed by atoms with Gasteiger partial charge in [-0.25, -0.2) is 4.39 Å². The third-order valence-electron chi connectivity index (χ3n) is 6.01. The van der Waals surface area contributed by atoms with Gasteiger partial charge < -0.3 is 9.64 Å². The van der Waals surface area contributed by atoms with Gasteiger partial charge in [0.1, 0.15) is 11.5 Å². The number of nitrogens with zero attached hydrogens (tertiary/aromatic N) is 3. The van der Waals surface area contributed by atoms with Gasteiger partial charge in [-0.2, -0.15) is 10.2 Å². The van der Waals surface area contributed by atoms with Crippen LogP contribution in [-0.4, -0.2) is 53.0 Å². The third kappa shape index (κ3) is 3.55. The van der Waals surface area contributed by atoms with Crippen LogP contribution in [0, 0.1) is 5.82 Å². The van der Waals surface area contributed by atoms with Crippen molar-refractivity contribution in [3.63, 3.8) is 0 Å². The van der Waals surface area contributed by atoms with Gasteiger partial charge >= 0.3 is 0 Å². The van der Waals surface area contributed by atoms with Crippen LogP contribution in [0.3, 0.4) is 0 Å². The van der Waals surface area contributed by atoms with E-state index in [1.807, 2.05) is 24.3 Å². The molecular weight excluding hydrogens is 383 g/mol. The molecule has 2 aliphatic rings. The van der Waals surface area contributed by atoms with Crippen molar-refractivity contribution in [2.45, 2.75) is 31.0 Å². The molecule has 6 nitrogen and oxygen atoms in total. The van der Waals surface area contributed by atoms with E-state index in [1.54, 1.807) is 30.3 Å². The van der Waals surface area contributed by atoms with E-state index < -0.39 is 5.82 Å². The summed E-state index contributed by atoms with van der Waals surface area (Å²) in [5, 5.41) is 13.8. The van der Waals surface area contributed by atoms with Crippen LogP contribution in [0.1, 0.15) is 34.5 Å². The zero-order chi connectivity index (χ0) is 20.7. The first-order valence-corrected chi connectivity index (χ1v) is 10.2. The molecule has 1 aliphatic carbocycles. The molecule has 30 heavy (non-hydrogen) atoms. The van der Waals surface area contributed by atoms with Crippen molar-refractivity contribution in [2.24, 2.45) is 0 Å². The van der Waals surface area contributed by atoms with E-state index in [0.29, 0.717) is 19.5 Å². The second kappa shape index (κ2) is 7.41. The van der Waals surface area contributed by atoms with Crippen LogP contribution in [0.5, 0.6) is 0 Å². The molecule has 1 aliphatic heterocycles. The van der Waals surface area contributed by atoms with Crippen LogP contribution in [0.2, 0.25) is 0 Å². The lowest BCUT2D eigenvalue weighted by Crippen LogP contribution is -2.62. The van der Waals surface area contributed by atoms with E-state index in [2.05, 4.69) is 15.5 Å². The zero-order valence-corrected chi connectivity index (χ0v) is 16.8. The molecule has 0 radical (unpaired) electrons. The second-order valence-electron chi connectivity index (χ2n) is 8.12. The van der Waals surface area contributed by atoms with Crippen LogP contribution >= 0.6 is 0 Å². The first-order valence-electron chi connectivity index (χ1n) is 10.2. The number of rotatable bonds is 6. The van der Waals surface area contributed by atoms with Gasteiger partial charge in [0.05, 0.1) is 17.5 Å². The molecule has 1 saturated heterocycles. The van der Waals surface area contributed by atoms with Crippen molar-refractivity contribution in [2.75, 3.05) is 20.2 Å². The van der Waals surface area contributed by atoms with Crippen molar-refractivity contribution in [3.05, 3.63) is 71.3 Å². The number of methoxy groups -OCH3 is 1. The monoisotopic (exact) mass is 406 g/mol. The molecule has 3 aromatic rings. The number of hydrogen-bond donors (Lipinski definition) is 1. The van der Waals surface area contributed by atoms with Crippen LogP contribution in [0.15, 0.2) is 48.7 Å². The Morgan fingerprint density at radius 3 is 2.83 bits per heavy atom. The van der Waals surface area contributed by atoms with Crippen molar-refractivity contribution in [3.8, 4) is 0 Å². The lowest BCUT2D eigenvalue weighted by molar-refractivity contribution is 0.00848. The summed E-state index contributed by atoms with van der Waals surface area (Å²) in [7, 11) is 1.70. The molecule has 1 aromatic heterocycles. The Bertz CT molecular complexity index is 1100. The zero-order valence-electron chi connectivity index (χ0n) is 16.8. The molecule has 2 fully saturated rings. The summed E-state index contributed by atoms with van der Waals surface area (Å²) < 4.78 is 19.9. The van der Waals surface area contributed by atoms with Gasteiger partial charge in [0.15, 0.2) is 0 Å². The van der Waals surface area contributed by atoms with Crippen molar-refractivity contribution in [1.82, 2.24) is 20.4 Å². The molecule has 0 atom stereocenters. The number of nitrogens with one attached hydrogen (secondary N) is 1. The Balaban J connectivity index is 1.31. The molecular formula is C23H23FN4O2. The van der Waals surface area contributed by atoms with Crippen molar-refractivity contribution < 1.29 is 13.9 Å². The molecule has 2 aromatic carbocycles. The minimum atomic E-state index is -0.500. The lowest BCUT2D eigenvalue weighted by Gasteiger charge is -2.41. The Kier molecular flexibility index (Phi) is 4.72. The average Bonchev–Trinajstić information content (AvgIpc) is 3.52. The third-order valence-corrected chi connectivity index (χ3v) is 6.01. The Morgan fingerprint density at radius 2 is 2.07 bits per heavy atom. The van der Waals surface area contributed by atoms with Crippen LogP contribution in [-0.2, 0) is 11.2 Å². The number of fused-ring (bicyclic) bond motifs is 1. The van der Waals surface area contributed by atoms with Gasteiger partial charge in [-0.3, -0.25) is 10.1 Å². The van der Waals surface area contributed by atoms with Crippen LogP contribution < -0.4 is 5.32 Å². The molecule has 154 valence electrons. The highest BCUT2D eigenvalue weighted by Gasteiger charge is 2.47. The number of ether oxygens (including phenoxy) is 1. The van der Waals surface area contributed by atoms with Crippen LogP contribution in [0.4, 0.5) is 4.39 Å². The molecule has 2 heterocycles. The summed E-state index contributed by atoms with van der Waals surface area (Å²) >= 11 is 0. The molecule has 1 amide bonds. The molecule has 5 rings (SSSR count). The Morgan fingerprint density at radius 1 is 1.27 bits per heavy atom. The standard InChI is InChI=1S/C23H23FN4O2/c1-30-23(8-9-23)26-17-13-28(14-17)22(29)19-10-15(6-7-20(19)24)11-21-18-5-3-2-4-16(18)12-25-27-21/h2-7,10,12,17,26H,8-9,11,13-14H2,1H3. The van der Waals surface area contributed by atoms with E-state index in [0.717, 1.165) is 34.9 Å². The number of benzene rings is 2. The number of aromatic nitrogens is 2. The highest BCUT2D eigenvalue weighted by molar-refractivity contribution is 5.95. The largest absolute Gasteiger partial charge is 0.364 e. The lowest BCUT2D eigenvalue weighted by atomic mass is 10.0. The summed E-state index contributed by atoms with van der Waals surface area (Å²) in [5.74, 6) is -0.779. The first kappa shape index (κ1) is 19.1. The minimum Gasteiger partial charge on any atom is -0.364 e. The molecule has 7 heteroatoms. The summed E-state index contributed by atoms with van der Waals surface area (Å²) in [6.07, 6.45) is 4.18. The predicted octanol–water partition coefficient (Wildman–Crippen LogP) is 2.91. The number of carbonyl (C=O) groups is 1. The second-order valence-corrected chi connectivity index (χ2v) is 8.12. The highest BCUT2D eigenvalue weighted by atomic mass is 19.1. The number of carbonyl (C=O) groups excluding carboxylic acids is 1. The Labute approximate surface area is 174 Å². The molecule has 0 spiro atoms. The highest BCUT2D eigenvalue weighted by Crippen LogP contribution is 2.37. The van der Waals surface area contributed by atoms with Gasteiger partial charge in [0.2, 0.25) is 0 Å². The van der Waals surface area contributed by atoms with Gasteiger partial charge in [-0.05, 0) is 30.5 Å². The summed E-state index contributed by atoms with van der Waals surface area (Å²) in [6, 6.07) is 12.8. The first-order chi connectivity index (χ1) is 14.6. The maximum atomic E-state index is 14.5. The smallest absolute Gasteiger partial charge is 0.256 e. The van der Waals surface area contributed by atoms with Crippen LogP contribution in [0.25, 0.3) is 10.8 Å². The molecule has 1 saturated carbocycles. The minimum absolute atomic E-state index is 0.104. The summed E-state index contributed by atoms with van der Waals surface area (Å²) in [6.45, 7) is 1.12. The predicted molar refractivity (Wildman–Crippen MR) is 111 cm³/mol.